The third-order valence-corrected chi connectivity index (χ3v) is 4.50. The number of rotatable bonds is 6. The van der Waals surface area contributed by atoms with Gasteiger partial charge in [-0.15, -0.1) is 0 Å². The highest BCUT2D eigenvalue weighted by molar-refractivity contribution is 5.95. The summed E-state index contributed by atoms with van der Waals surface area (Å²) in [5.74, 6) is 1.85. The molecule has 2 aliphatic rings. The Kier molecular flexibility index (Phi) is 4.82. The zero-order valence-electron chi connectivity index (χ0n) is 14.8. The molecule has 2 heterocycles. The van der Waals surface area contributed by atoms with Gasteiger partial charge in [0.1, 0.15) is 5.75 Å². The van der Waals surface area contributed by atoms with E-state index in [0.29, 0.717) is 30.2 Å². The van der Waals surface area contributed by atoms with Crippen molar-refractivity contribution < 1.29 is 23.8 Å². The van der Waals surface area contributed by atoms with Crippen molar-refractivity contribution in [1.29, 1.82) is 0 Å². The number of carbonyl (C=O) groups excluding carboxylic acids is 2. The molecule has 140 valence electrons. The fourth-order valence-corrected chi connectivity index (χ4v) is 3.11. The maximum Gasteiger partial charge on any atom is 0.258 e. The van der Waals surface area contributed by atoms with E-state index in [2.05, 4.69) is 5.32 Å². The Bertz CT molecular complexity index is 867. The number of fused-ring (bicyclic) bond motifs is 1. The summed E-state index contributed by atoms with van der Waals surface area (Å²) in [4.78, 5) is 25.6. The number of carbonyl (C=O) groups is 2. The highest BCUT2D eigenvalue weighted by Crippen LogP contribution is 2.32. The Labute approximate surface area is 156 Å². The van der Waals surface area contributed by atoms with Gasteiger partial charge in [-0.3, -0.25) is 9.59 Å². The average molecular weight is 368 g/mol. The SMILES string of the molecule is O=C(COc1cccc(N2CCCC2=O)c1)NCc1ccc2c(c1)OCO2. The Morgan fingerprint density at radius 3 is 2.89 bits per heavy atom. The molecule has 27 heavy (non-hydrogen) atoms. The van der Waals surface area contributed by atoms with Crippen molar-refractivity contribution in [3.8, 4) is 17.2 Å². The second kappa shape index (κ2) is 7.57. The molecular weight excluding hydrogens is 348 g/mol. The molecule has 0 unspecified atom stereocenters. The number of ether oxygens (including phenoxy) is 3. The molecule has 1 fully saturated rings. The fraction of sp³-hybridized carbons (Fsp3) is 0.300. The van der Waals surface area contributed by atoms with Crippen LogP contribution in [0.1, 0.15) is 18.4 Å². The van der Waals surface area contributed by atoms with E-state index in [0.717, 1.165) is 24.2 Å². The third kappa shape index (κ3) is 3.97. The molecule has 2 aliphatic heterocycles. The molecular formula is C20H20N2O5. The van der Waals surface area contributed by atoms with Gasteiger partial charge in [0.25, 0.3) is 5.91 Å². The predicted octanol–water partition coefficient (Wildman–Crippen LogP) is 2.24. The van der Waals surface area contributed by atoms with Crippen molar-refractivity contribution in [2.45, 2.75) is 19.4 Å². The van der Waals surface area contributed by atoms with E-state index in [1.54, 1.807) is 17.0 Å². The van der Waals surface area contributed by atoms with Crippen molar-refractivity contribution in [3.05, 3.63) is 48.0 Å². The topological polar surface area (TPSA) is 77.1 Å². The summed E-state index contributed by atoms with van der Waals surface area (Å²) >= 11 is 0. The first-order chi connectivity index (χ1) is 13.2. The van der Waals surface area contributed by atoms with Crippen LogP contribution in [0.3, 0.4) is 0 Å². The van der Waals surface area contributed by atoms with Crippen molar-refractivity contribution in [3.63, 3.8) is 0 Å². The zero-order chi connectivity index (χ0) is 18.6. The van der Waals surface area contributed by atoms with Gasteiger partial charge in [0.15, 0.2) is 18.1 Å². The number of hydrogen-bond acceptors (Lipinski definition) is 5. The molecule has 0 saturated carbocycles. The summed E-state index contributed by atoms with van der Waals surface area (Å²) < 4.78 is 16.2. The van der Waals surface area contributed by atoms with E-state index in [1.807, 2.05) is 30.3 Å². The van der Waals surface area contributed by atoms with Crippen LogP contribution in [0.2, 0.25) is 0 Å². The van der Waals surface area contributed by atoms with Gasteiger partial charge in [-0.25, -0.2) is 0 Å². The smallest absolute Gasteiger partial charge is 0.258 e. The molecule has 2 aromatic rings. The molecule has 1 N–H and O–H groups in total. The molecule has 0 bridgehead atoms. The Hall–Kier alpha value is -3.22. The summed E-state index contributed by atoms with van der Waals surface area (Å²) in [7, 11) is 0. The van der Waals surface area contributed by atoms with Crippen molar-refractivity contribution in [2.75, 3.05) is 24.8 Å². The van der Waals surface area contributed by atoms with Crippen molar-refractivity contribution in [2.24, 2.45) is 0 Å². The van der Waals surface area contributed by atoms with Crippen molar-refractivity contribution >= 4 is 17.5 Å². The highest BCUT2D eigenvalue weighted by atomic mass is 16.7. The summed E-state index contributed by atoms with van der Waals surface area (Å²) in [5.41, 5.74) is 1.72. The summed E-state index contributed by atoms with van der Waals surface area (Å²) in [6, 6.07) is 12.8. The number of nitrogens with zero attached hydrogens (tertiary/aromatic N) is 1. The first kappa shape index (κ1) is 17.2. The lowest BCUT2D eigenvalue weighted by Crippen LogP contribution is -2.28. The number of anilines is 1. The van der Waals surface area contributed by atoms with E-state index in [9.17, 15) is 9.59 Å². The summed E-state index contributed by atoms with van der Waals surface area (Å²) in [5, 5.41) is 2.81. The Morgan fingerprint density at radius 2 is 2.04 bits per heavy atom. The minimum atomic E-state index is -0.227. The van der Waals surface area contributed by atoms with Gasteiger partial charge in [0.05, 0.1) is 0 Å². The molecule has 2 amide bonds. The largest absolute Gasteiger partial charge is 0.484 e. The second-order valence-electron chi connectivity index (χ2n) is 6.40. The lowest BCUT2D eigenvalue weighted by atomic mass is 10.2. The van der Waals surface area contributed by atoms with Crippen LogP contribution in [0.4, 0.5) is 5.69 Å². The van der Waals surface area contributed by atoms with Gasteiger partial charge in [-0.1, -0.05) is 12.1 Å². The Balaban J connectivity index is 1.28. The fourth-order valence-electron chi connectivity index (χ4n) is 3.11. The predicted molar refractivity (Wildman–Crippen MR) is 97.9 cm³/mol. The van der Waals surface area contributed by atoms with Crippen LogP contribution in [0.15, 0.2) is 42.5 Å². The zero-order valence-corrected chi connectivity index (χ0v) is 14.8. The van der Waals surface area contributed by atoms with Crippen LogP contribution in [-0.2, 0) is 16.1 Å². The molecule has 0 spiro atoms. The molecule has 0 atom stereocenters. The van der Waals surface area contributed by atoms with Gasteiger partial charge in [0.2, 0.25) is 12.7 Å². The first-order valence-corrected chi connectivity index (χ1v) is 8.87. The van der Waals surface area contributed by atoms with Gasteiger partial charge in [0, 0.05) is 31.3 Å². The van der Waals surface area contributed by atoms with E-state index in [-0.39, 0.29) is 25.2 Å². The normalized spacial score (nSPS) is 15.1. The number of amides is 2. The lowest BCUT2D eigenvalue weighted by molar-refractivity contribution is -0.123. The minimum Gasteiger partial charge on any atom is -0.484 e. The van der Waals surface area contributed by atoms with E-state index in [4.69, 9.17) is 14.2 Å². The number of benzene rings is 2. The summed E-state index contributed by atoms with van der Waals surface area (Å²) in [6.07, 6.45) is 1.44. The van der Waals surface area contributed by atoms with E-state index >= 15 is 0 Å². The maximum atomic E-state index is 12.1. The first-order valence-electron chi connectivity index (χ1n) is 8.87. The standard InChI is InChI=1S/C20H20N2O5/c23-19(21-11-14-6-7-17-18(9-14)27-13-26-17)12-25-16-4-1-3-15(10-16)22-8-2-5-20(22)24/h1,3-4,6-7,9-10H,2,5,8,11-13H2,(H,21,23). The van der Waals surface area contributed by atoms with E-state index in [1.165, 1.54) is 0 Å². The molecule has 4 rings (SSSR count). The minimum absolute atomic E-state index is 0.0953. The van der Waals surface area contributed by atoms with Crippen LogP contribution in [0.25, 0.3) is 0 Å². The summed E-state index contributed by atoms with van der Waals surface area (Å²) in [6.45, 7) is 1.22. The van der Waals surface area contributed by atoms with Gasteiger partial charge < -0.3 is 24.4 Å². The molecule has 0 aromatic heterocycles. The van der Waals surface area contributed by atoms with E-state index < -0.39 is 0 Å². The number of nitrogens with one attached hydrogen (secondary N) is 1. The molecule has 2 aromatic carbocycles. The van der Waals surface area contributed by atoms with Gasteiger partial charge in [-0.05, 0) is 36.2 Å². The van der Waals surface area contributed by atoms with Crippen LogP contribution in [-0.4, -0.2) is 31.8 Å². The quantitative estimate of drug-likeness (QED) is 0.846. The average Bonchev–Trinajstić information content (AvgIpc) is 3.33. The van der Waals surface area contributed by atoms with Crippen LogP contribution >= 0.6 is 0 Å². The molecule has 0 radical (unpaired) electrons. The second-order valence-corrected chi connectivity index (χ2v) is 6.40. The molecule has 0 aliphatic carbocycles. The van der Waals surface area contributed by atoms with Crippen molar-refractivity contribution in [1.82, 2.24) is 5.32 Å². The Morgan fingerprint density at radius 1 is 1.15 bits per heavy atom. The molecule has 7 heteroatoms. The van der Waals surface area contributed by atoms with Gasteiger partial charge in [-0.2, -0.15) is 0 Å². The third-order valence-electron chi connectivity index (χ3n) is 4.50. The molecule has 7 nitrogen and oxygen atoms in total. The maximum absolute atomic E-state index is 12.1. The number of hydrogen-bond donors (Lipinski definition) is 1. The van der Waals surface area contributed by atoms with Crippen LogP contribution in [0.5, 0.6) is 17.2 Å². The highest BCUT2D eigenvalue weighted by Gasteiger charge is 2.21. The monoisotopic (exact) mass is 368 g/mol. The van der Waals surface area contributed by atoms with Gasteiger partial charge >= 0.3 is 0 Å². The lowest BCUT2D eigenvalue weighted by Gasteiger charge is -2.16. The van der Waals surface area contributed by atoms with Crippen LogP contribution < -0.4 is 24.4 Å². The van der Waals surface area contributed by atoms with Crippen LogP contribution in [0, 0.1) is 0 Å². The molecule has 1 saturated heterocycles.